The number of carboxylic acid groups (broad SMARTS) is 4. The van der Waals surface area contributed by atoms with E-state index in [9.17, 15) is 67.2 Å². The van der Waals surface area contributed by atoms with E-state index >= 15 is 0 Å². The van der Waals surface area contributed by atoms with E-state index in [2.05, 4.69) is 37.4 Å². The van der Waals surface area contributed by atoms with Crippen LogP contribution in [0.4, 0.5) is 5.82 Å². The number of nitrogens with one attached hydrogen (secondary N) is 6. The molecule has 85 heavy (non-hydrogen) atoms. The topological polar surface area (TPSA) is 377 Å². The molecular weight excluding hydrogens is 1130 g/mol. The summed E-state index contributed by atoms with van der Waals surface area (Å²) in [5, 5.41) is 52.1. The van der Waals surface area contributed by atoms with Gasteiger partial charge in [-0.25, -0.2) is 13.4 Å². The van der Waals surface area contributed by atoms with Gasteiger partial charge in [-0.2, -0.15) is 4.72 Å². The molecule has 10 N–H and O–H groups in total. The molecule has 28 nitrogen and oxygen atoms in total. The second-order valence-electron chi connectivity index (χ2n) is 20.6. The predicted octanol–water partition coefficient (Wildman–Crippen LogP) is -0.981. The SMILES string of the molecule is Cc1cc(OCCCC(=O)NCCNC(=O)COCCOCCNC(=O)CN2CCN(CC(=O)O)CCN(CC(=O)O)CCN(CC(=O)O)CC2)cc(C)c1S(=O)(=O)NC(CNC(=O)c1ccc(CCc2ccc3c(n2)NCCC3)cc1)C(=O)O. The number of fused-ring (bicyclic) bond motifs is 1. The van der Waals surface area contributed by atoms with Crippen LogP contribution in [0.1, 0.15) is 57.6 Å². The minimum absolute atomic E-state index is 0.0420. The highest BCUT2D eigenvalue weighted by atomic mass is 32.2. The fraction of sp³-hybridized carbons (Fsp3) is 0.554. The number of hydrogen-bond acceptors (Lipinski definition) is 19. The van der Waals surface area contributed by atoms with Crippen LogP contribution >= 0.6 is 0 Å². The van der Waals surface area contributed by atoms with Gasteiger partial charge in [0.05, 0.1) is 57.5 Å². The number of hydrogen-bond donors (Lipinski definition) is 10. The maximum Gasteiger partial charge on any atom is 0.323 e. The zero-order valence-electron chi connectivity index (χ0n) is 48.2. The smallest absolute Gasteiger partial charge is 0.323 e. The van der Waals surface area contributed by atoms with E-state index in [1.807, 2.05) is 18.2 Å². The molecule has 29 heteroatoms. The van der Waals surface area contributed by atoms with Crippen molar-refractivity contribution in [2.24, 2.45) is 0 Å². The van der Waals surface area contributed by atoms with Crippen molar-refractivity contribution in [2.75, 3.05) is 150 Å². The van der Waals surface area contributed by atoms with Crippen LogP contribution in [-0.2, 0) is 72.3 Å². The van der Waals surface area contributed by atoms with Gasteiger partial charge in [0.2, 0.25) is 27.7 Å². The molecule has 5 rings (SSSR count). The van der Waals surface area contributed by atoms with Crippen LogP contribution < -0.4 is 36.0 Å². The Morgan fingerprint density at radius 2 is 1.19 bits per heavy atom. The number of nitrogens with zero attached hydrogens (tertiary/aromatic N) is 5. The van der Waals surface area contributed by atoms with Crippen LogP contribution in [0.25, 0.3) is 0 Å². The quantitative estimate of drug-likeness (QED) is 0.0321. The van der Waals surface area contributed by atoms with Gasteiger partial charge in [-0.1, -0.05) is 18.2 Å². The van der Waals surface area contributed by atoms with Crippen LogP contribution in [0.2, 0.25) is 0 Å². The van der Waals surface area contributed by atoms with Gasteiger partial charge in [0.25, 0.3) is 5.91 Å². The summed E-state index contributed by atoms with van der Waals surface area (Å²) in [6.07, 6.45) is 3.91. The second kappa shape index (κ2) is 35.8. The predicted molar refractivity (Wildman–Crippen MR) is 309 cm³/mol. The molecule has 0 spiro atoms. The van der Waals surface area contributed by atoms with Gasteiger partial charge in [0, 0.05) is 103 Å². The van der Waals surface area contributed by atoms with Gasteiger partial charge in [0.15, 0.2) is 0 Å². The average molecular weight is 1210 g/mol. The summed E-state index contributed by atoms with van der Waals surface area (Å²) < 4.78 is 46.0. The summed E-state index contributed by atoms with van der Waals surface area (Å²) in [7, 11) is -4.39. The molecule has 468 valence electrons. The minimum Gasteiger partial charge on any atom is -0.494 e. The third-order valence-electron chi connectivity index (χ3n) is 13.7. The summed E-state index contributed by atoms with van der Waals surface area (Å²) in [6.45, 7) is 5.46. The van der Waals surface area contributed by atoms with E-state index in [1.165, 1.54) is 31.5 Å². The van der Waals surface area contributed by atoms with Gasteiger partial charge >= 0.3 is 23.9 Å². The molecule has 4 amide bonds. The molecule has 2 aliphatic heterocycles. The number of aliphatic carboxylic acids is 4. The Morgan fingerprint density at radius 3 is 1.76 bits per heavy atom. The van der Waals surface area contributed by atoms with E-state index in [-0.39, 0.29) is 158 Å². The number of rotatable bonds is 34. The van der Waals surface area contributed by atoms with Crippen LogP contribution in [-0.4, -0.2) is 251 Å². The lowest BCUT2D eigenvalue weighted by Gasteiger charge is -2.32. The number of anilines is 1. The lowest BCUT2D eigenvalue weighted by Crippen LogP contribution is -2.50. The molecule has 2 aromatic carbocycles. The molecule has 2 aliphatic rings. The fourth-order valence-corrected chi connectivity index (χ4v) is 11.0. The standard InChI is InChI=1S/C56H81N11O17S/c1-39-31-45(32-40(2)53(39)85(80,81)63-46(56(78)79)33-61-55(77)43-10-7-41(8-11-43)9-13-44-14-12-42-5-3-15-60-54(42)62-44)84-27-4-6-47(68)57-16-17-58-49(70)38-83-30-29-82-28-18-59-48(69)34-64-19-21-65(35-50(71)72)23-25-67(37-52(75)76)26-24-66(22-20-64)36-51(73)74/h7-8,10-12,14,31-32,46,63H,3-6,9,13,15-30,33-38H2,1-2H3,(H,57,68)(H,58,70)(H,59,69)(H,60,62)(H,61,77)(H,71,72)(H,73,74)(H,75,76)(H,78,79). The minimum atomic E-state index is -4.39. The van der Waals surface area contributed by atoms with Gasteiger partial charge in [-0.3, -0.25) is 58.0 Å². The molecule has 0 saturated carbocycles. The molecule has 1 fully saturated rings. The zero-order valence-corrected chi connectivity index (χ0v) is 49.1. The molecule has 3 aromatic rings. The van der Waals surface area contributed by atoms with Gasteiger partial charge in [-0.15, -0.1) is 0 Å². The van der Waals surface area contributed by atoms with Crippen LogP contribution in [0, 0.1) is 13.8 Å². The first kappa shape index (κ1) is 68.4. The normalized spacial score (nSPS) is 15.2. The summed E-state index contributed by atoms with van der Waals surface area (Å²) in [4.78, 5) is 109. The first-order valence-corrected chi connectivity index (χ1v) is 29.7. The number of ether oxygens (including phenoxy) is 3. The molecule has 0 bridgehead atoms. The van der Waals surface area contributed by atoms with Crippen molar-refractivity contribution < 1.29 is 81.4 Å². The Kier molecular flexibility index (Phi) is 28.8. The Morgan fingerprint density at radius 1 is 0.635 bits per heavy atom. The van der Waals surface area contributed by atoms with Crippen molar-refractivity contribution in [2.45, 2.75) is 63.3 Å². The maximum atomic E-state index is 13.6. The second-order valence-corrected chi connectivity index (χ2v) is 22.2. The zero-order chi connectivity index (χ0) is 61.7. The lowest BCUT2D eigenvalue weighted by molar-refractivity contribution is -0.140. The maximum absolute atomic E-state index is 13.6. The lowest BCUT2D eigenvalue weighted by atomic mass is 10.0. The Labute approximate surface area is 494 Å². The highest BCUT2D eigenvalue weighted by Gasteiger charge is 2.29. The van der Waals surface area contributed by atoms with Crippen LogP contribution in [0.15, 0.2) is 53.4 Å². The van der Waals surface area contributed by atoms with Gasteiger partial charge < -0.3 is 61.2 Å². The van der Waals surface area contributed by atoms with Crippen LogP contribution in [0.3, 0.4) is 0 Å². The first-order valence-electron chi connectivity index (χ1n) is 28.2. The number of carboxylic acids is 4. The molecule has 0 aliphatic carbocycles. The van der Waals surface area contributed by atoms with E-state index in [1.54, 1.807) is 31.7 Å². The van der Waals surface area contributed by atoms with Crippen molar-refractivity contribution in [1.82, 2.24) is 50.6 Å². The average Bonchev–Trinajstić information content (AvgIpc) is 3.65. The number of pyridine rings is 1. The molecule has 3 heterocycles. The third-order valence-corrected chi connectivity index (χ3v) is 15.5. The van der Waals surface area contributed by atoms with E-state index < -0.39 is 58.3 Å². The molecular formula is C56H81N11O17S. The van der Waals surface area contributed by atoms with Crippen molar-refractivity contribution in [3.63, 3.8) is 0 Å². The van der Waals surface area contributed by atoms with E-state index in [0.29, 0.717) is 38.1 Å². The van der Waals surface area contributed by atoms with Crippen molar-refractivity contribution in [1.29, 1.82) is 0 Å². The summed E-state index contributed by atoms with van der Waals surface area (Å²) in [6, 6.07) is 12.3. The van der Waals surface area contributed by atoms with Crippen molar-refractivity contribution in [3.05, 3.63) is 82.0 Å². The van der Waals surface area contributed by atoms with Crippen LogP contribution in [0.5, 0.6) is 5.75 Å². The molecule has 1 unspecified atom stereocenters. The monoisotopic (exact) mass is 1210 g/mol. The number of sulfonamides is 1. The molecule has 0 radical (unpaired) electrons. The highest BCUT2D eigenvalue weighted by molar-refractivity contribution is 7.89. The number of amides is 4. The first-order chi connectivity index (χ1) is 40.6. The molecule has 1 saturated heterocycles. The summed E-state index contributed by atoms with van der Waals surface area (Å²) in [5.41, 5.74) is 4.01. The van der Waals surface area contributed by atoms with E-state index in [0.717, 1.165) is 36.5 Å². The largest absolute Gasteiger partial charge is 0.494 e. The van der Waals surface area contributed by atoms with E-state index in [4.69, 9.17) is 19.2 Å². The number of carbonyl (C=O) groups is 8. The number of carbonyl (C=O) groups excluding carboxylic acids is 4. The number of benzene rings is 2. The van der Waals surface area contributed by atoms with Crippen molar-refractivity contribution >= 4 is 63.3 Å². The van der Waals surface area contributed by atoms with Crippen molar-refractivity contribution in [3.8, 4) is 5.75 Å². The Balaban J connectivity index is 0.906. The summed E-state index contributed by atoms with van der Waals surface area (Å²) in [5.74, 6) is -4.96. The molecule has 1 atom stereocenters. The number of aromatic nitrogens is 1. The number of aryl methyl sites for hydroxylation is 5. The highest BCUT2D eigenvalue weighted by Crippen LogP contribution is 2.27. The Bertz CT molecular complexity index is 2790. The molecule has 1 aromatic heterocycles. The summed E-state index contributed by atoms with van der Waals surface area (Å²) >= 11 is 0. The van der Waals surface area contributed by atoms with Gasteiger partial charge in [0.1, 0.15) is 24.2 Å². The fourth-order valence-electron chi connectivity index (χ4n) is 9.40. The Hall–Kier alpha value is -7.38. The van der Waals surface area contributed by atoms with Gasteiger partial charge in [-0.05, 0) is 98.5 Å². The third kappa shape index (κ3) is 25.8.